The lowest BCUT2D eigenvalue weighted by Crippen LogP contribution is -2.25. The number of nitrogens with one attached hydrogen (secondary N) is 1. The van der Waals surface area contributed by atoms with Crippen LogP contribution >= 0.6 is 0 Å². The van der Waals surface area contributed by atoms with Gasteiger partial charge in [-0.3, -0.25) is 4.79 Å². The summed E-state index contributed by atoms with van der Waals surface area (Å²) in [4.78, 5) is 15.1. The second kappa shape index (κ2) is 4.12. The average Bonchev–Trinajstić information content (AvgIpc) is 2.29. The fraction of sp³-hybridized carbons (Fsp3) is 0.100. The van der Waals surface area contributed by atoms with Gasteiger partial charge < -0.3 is 16.2 Å². The summed E-state index contributed by atoms with van der Waals surface area (Å²) in [6, 6.07) is 6.61. The molecule has 1 aromatic heterocycles. The molecule has 1 heterocycles. The van der Waals surface area contributed by atoms with E-state index in [2.05, 4.69) is 15.4 Å². The molecule has 0 fully saturated rings. The first-order chi connectivity index (χ1) is 8.08. The van der Waals surface area contributed by atoms with E-state index in [9.17, 15) is 9.90 Å². The van der Waals surface area contributed by atoms with Gasteiger partial charge in [0.2, 0.25) is 5.95 Å². The minimum Gasteiger partial charge on any atom is -0.506 e. The summed E-state index contributed by atoms with van der Waals surface area (Å²) < 4.78 is 1.07. The lowest BCUT2D eigenvalue weighted by molar-refractivity contribution is 0.477. The number of nitrogens with two attached hydrogens (primary N) is 1. The minimum absolute atomic E-state index is 0.0588. The van der Waals surface area contributed by atoms with Gasteiger partial charge in [-0.1, -0.05) is 12.1 Å². The van der Waals surface area contributed by atoms with E-state index >= 15 is 0 Å². The van der Waals surface area contributed by atoms with Crippen molar-refractivity contribution in [1.29, 1.82) is 0 Å². The Kier molecular flexibility index (Phi) is 2.65. The second-order valence-corrected chi connectivity index (χ2v) is 3.39. The molecule has 4 N–H and O–H groups in total. The molecular weight excluding hydrogens is 222 g/mol. The van der Waals surface area contributed by atoms with Crippen LogP contribution in [0.2, 0.25) is 0 Å². The van der Waals surface area contributed by atoms with Crippen LogP contribution in [0.4, 0.5) is 17.5 Å². The molecule has 0 aliphatic carbocycles. The molecule has 0 spiro atoms. The van der Waals surface area contributed by atoms with E-state index in [4.69, 9.17) is 5.73 Å². The standard InChI is InChI=1S/C10H11N5O2/c1-15-9(17)8(11)13-10(14-15)12-6-4-2-3-5-7(6)16/h2-5,16H,1H3,(H3,11,12,13,14). The van der Waals surface area contributed by atoms with Crippen molar-refractivity contribution in [2.24, 2.45) is 7.05 Å². The fourth-order valence-electron chi connectivity index (χ4n) is 1.29. The average molecular weight is 233 g/mol. The van der Waals surface area contributed by atoms with E-state index in [0.717, 1.165) is 4.68 Å². The zero-order valence-corrected chi connectivity index (χ0v) is 9.08. The zero-order chi connectivity index (χ0) is 12.4. The molecule has 0 saturated carbocycles. The summed E-state index contributed by atoms with van der Waals surface area (Å²) in [5.41, 5.74) is 5.40. The van der Waals surface area contributed by atoms with Crippen LogP contribution < -0.4 is 16.6 Å². The number of anilines is 3. The largest absolute Gasteiger partial charge is 0.506 e. The maximum Gasteiger partial charge on any atom is 0.309 e. The van der Waals surface area contributed by atoms with Gasteiger partial charge in [-0.25, -0.2) is 4.68 Å². The predicted octanol–water partition coefficient (Wildman–Crippen LogP) is 0.207. The van der Waals surface area contributed by atoms with Crippen LogP contribution in [0.5, 0.6) is 5.75 Å². The van der Waals surface area contributed by atoms with Crippen molar-refractivity contribution >= 4 is 17.5 Å². The molecule has 1 aromatic carbocycles. The quantitative estimate of drug-likeness (QED) is 0.640. The number of aryl methyl sites for hydroxylation is 1. The number of benzene rings is 1. The summed E-state index contributed by atoms with van der Waals surface area (Å²) in [5, 5.41) is 16.2. The van der Waals surface area contributed by atoms with Gasteiger partial charge in [0.15, 0.2) is 5.82 Å². The number of phenols is 1. The molecule has 0 amide bonds. The molecule has 17 heavy (non-hydrogen) atoms. The molecule has 0 atom stereocenters. The number of nitrogen functional groups attached to an aromatic ring is 1. The van der Waals surface area contributed by atoms with Gasteiger partial charge in [0.1, 0.15) is 5.75 Å². The Bertz CT molecular complexity index is 582. The van der Waals surface area contributed by atoms with Gasteiger partial charge in [-0.15, -0.1) is 5.10 Å². The third kappa shape index (κ3) is 2.17. The van der Waals surface area contributed by atoms with E-state index in [-0.39, 0.29) is 17.5 Å². The minimum atomic E-state index is -0.465. The normalized spacial score (nSPS) is 10.2. The molecular formula is C10H11N5O2. The van der Waals surface area contributed by atoms with Crippen molar-refractivity contribution in [1.82, 2.24) is 14.8 Å². The molecule has 0 unspecified atom stereocenters. The Morgan fingerprint density at radius 1 is 1.41 bits per heavy atom. The van der Waals surface area contributed by atoms with Crippen molar-refractivity contribution < 1.29 is 5.11 Å². The highest BCUT2D eigenvalue weighted by atomic mass is 16.3. The van der Waals surface area contributed by atoms with Gasteiger partial charge in [0, 0.05) is 7.05 Å². The van der Waals surface area contributed by atoms with E-state index in [1.165, 1.54) is 13.1 Å². The lowest BCUT2D eigenvalue weighted by atomic mass is 10.3. The number of para-hydroxylation sites is 2. The fourth-order valence-corrected chi connectivity index (χ4v) is 1.29. The molecule has 0 saturated heterocycles. The third-order valence-corrected chi connectivity index (χ3v) is 2.13. The van der Waals surface area contributed by atoms with Gasteiger partial charge in [-0.05, 0) is 12.1 Å². The Balaban J connectivity index is 2.38. The van der Waals surface area contributed by atoms with E-state index in [0.29, 0.717) is 5.69 Å². The van der Waals surface area contributed by atoms with Crippen molar-refractivity contribution in [2.75, 3.05) is 11.1 Å². The van der Waals surface area contributed by atoms with E-state index < -0.39 is 5.56 Å². The molecule has 0 aliphatic heterocycles. The summed E-state index contributed by atoms with van der Waals surface area (Å²) in [7, 11) is 1.47. The molecule has 2 rings (SSSR count). The highest BCUT2D eigenvalue weighted by Gasteiger charge is 2.06. The van der Waals surface area contributed by atoms with Crippen LogP contribution in [-0.2, 0) is 7.05 Å². The molecule has 0 aliphatic rings. The maximum atomic E-state index is 11.3. The van der Waals surface area contributed by atoms with Gasteiger partial charge in [-0.2, -0.15) is 4.98 Å². The maximum absolute atomic E-state index is 11.3. The van der Waals surface area contributed by atoms with Crippen molar-refractivity contribution in [2.45, 2.75) is 0 Å². The molecule has 7 nitrogen and oxygen atoms in total. The van der Waals surface area contributed by atoms with Crippen LogP contribution in [0.15, 0.2) is 29.1 Å². The van der Waals surface area contributed by atoms with Crippen molar-refractivity contribution in [3.05, 3.63) is 34.6 Å². The smallest absolute Gasteiger partial charge is 0.309 e. The molecule has 2 aromatic rings. The van der Waals surface area contributed by atoms with Crippen molar-refractivity contribution in [3.8, 4) is 5.75 Å². The zero-order valence-electron chi connectivity index (χ0n) is 9.08. The first-order valence-electron chi connectivity index (χ1n) is 4.84. The second-order valence-electron chi connectivity index (χ2n) is 3.39. The summed E-state index contributed by atoms with van der Waals surface area (Å²) >= 11 is 0. The van der Waals surface area contributed by atoms with Crippen LogP contribution in [0.25, 0.3) is 0 Å². The van der Waals surface area contributed by atoms with Gasteiger partial charge in [0.25, 0.3) is 0 Å². The Hall–Kier alpha value is -2.57. The summed E-state index contributed by atoms with van der Waals surface area (Å²) in [6.07, 6.45) is 0. The van der Waals surface area contributed by atoms with Crippen LogP contribution in [0.3, 0.4) is 0 Å². The monoisotopic (exact) mass is 233 g/mol. The summed E-state index contributed by atoms with van der Waals surface area (Å²) in [5.74, 6) is 0.0510. The lowest BCUT2D eigenvalue weighted by Gasteiger charge is -2.07. The summed E-state index contributed by atoms with van der Waals surface area (Å²) in [6.45, 7) is 0. The highest BCUT2D eigenvalue weighted by Crippen LogP contribution is 2.23. The molecule has 0 bridgehead atoms. The molecule has 88 valence electrons. The van der Waals surface area contributed by atoms with Crippen LogP contribution in [0, 0.1) is 0 Å². The van der Waals surface area contributed by atoms with Gasteiger partial charge >= 0.3 is 5.56 Å². The molecule has 7 heteroatoms. The van der Waals surface area contributed by atoms with E-state index in [1.807, 2.05) is 0 Å². The van der Waals surface area contributed by atoms with Crippen molar-refractivity contribution in [3.63, 3.8) is 0 Å². The number of aromatic hydroxyl groups is 1. The third-order valence-electron chi connectivity index (χ3n) is 2.13. The SMILES string of the molecule is Cn1nc(Nc2ccccc2O)nc(N)c1=O. The Morgan fingerprint density at radius 3 is 2.76 bits per heavy atom. The Labute approximate surface area is 96.5 Å². The van der Waals surface area contributed by atoms with Gasteiger partial charge in [0.05, 0.1) is 5.69 Å². The first-order valence-corrected chi connectivity index (χ1v) is 4.84. The predicted molar refractivity (Wildman–Crippen MR) is 63.1 cm³/mol. The number of hydrogen-bond donors (Lipinski definition) is 3. The topological polar surface area (TPSA) is 106 Å². The highest BCUT2D eigenvalue weighted by molar-refractivity contribution is 5.61. The number of nitrogens with zero attached hydrogens (tertiary/aromatic N) is 3. The Morgan fingerprint density at radius 2 is 2.12 bits per heavy atom. The van der Waals surface area contributed by atoms with E-state index in [1.54, 1.807) is 18.2 Å². The number of aromatic nitrogens is 3. The number of hydrogen-bond acceptors (Lipinski definition) is 6. The number of phenolic OH excluding ortho intramolecular Hbond substituents is 1. The first kappa shape index (κ1) is 10.9. The molecule has 0 radical (unpaired) electrons. The van der Waals surface area contributed by atoms with Crippen LogP contribution in [-0.4, -0.2) is 19.9 Å². The number of rotatable bonds is 2. The van der Waals surface area contributed by atoms with Crippen LogP contribution in [0.1, 0.15) is 0 Å².